The number of aryl methyl sites for hydroxylation is 2. The molecule has 1 aromatic heterocycles. The monoisotopic (exact) mass is 438 g/mol. The van der Waals surface area contributed by atoms with Gasteiger partial charge >= 0.3 is 0 Å². The van der Waals surface area contributed by atoms with Gasteiger partial charge < -0.3 is 4.74 Å². The molecule has 1 aliphatic heterocycles. The number of nitrogens with zero attached hydrogens (tertiary/aromatic N) is 2. The number of hydrogen-bond acceptors (Lipinski definition) is 4. The zero-order valence-corrected chi connectivity index (χ0v) is 18.9. The van der Waals surface area contributed by atoms with Crippen LogP contribution in [0.5, 0.6) is 5.75 Å². The fourth-order valence-corrected chi connectivity index (χ4v) is 4.78. The summed E-state index contributed by atoms with van der Waals surface area (Å²) < 4.78 is 7.32. The van der Waals surface area contributed by atoms with Crippen molar-refractivity contribution < 1.29 is 9.53 Å². The minimum Gasteiger partial charge on any atom is -0.497 e. The second-order valence-corrected chi connectivity index (χ2v) is 8.86. The van der Waals surface area contributed by atoms with E-state index in [0.29, 0.717) is 5.56 Å². The number of ether oxygens (including phenoxy) is 1. The molecule has 0 unspecified atom stereocenters. The zero-order chi connectivity index (χ0) is 22.2. The maximum absolute atomic E-state index is 13.1. The van der Waals surface area contributed by atoms with E-state index in [2.05, 4.69) is 6.07 Å². The Balaban J connectivity index is 1.64. The van der Waals surface area contributed by atoms with Gasteiger partial charge in [0.15, 0.2) is 5.78 Å². The van der Waals surface area contributed by atoms with Gasteiger partial charge in [0.05, 0.1) is 18.5 Å². The molecule has 4 nitrogen and oxygen atoms in total. The van der Waals surface area contributed by atoms with Crippen molar-refractivity contribution in [3.05, 3.63) is 95.6 Å². The highest BCUT2D eigenvalue weighted by atomic mass is 32.2. The predicted octanol–water partition coefficient (Wildman–Crippen LogP) is 6.63. The number of methoxy groups -OCH3 is 1. The Morgan fingerprint density at radius 2 is 1.78 bits per heavy atom. The molecule has 158 valence electrons. The van der Waals surface area contributed by atoms with Crippen LogP contribution in [0.4, 0.5) is 0 Å². The summed E-state index contributed by atoms with van der Waals surface area (Å²) in [6, 6.07) is 24.0. The Kier molecular flexibility index (Phi) is 5.19. The van der Waals surface area contributed by atoms with Crippen LogP contribution in [0.1, 0.15) is 21.5 Å². The third kappa shape index (κ3) is 3.65. The second kappa shape index (κ2) is 8.17. The van der Waals surface area contributed by atoms with Crippen molar-refractivity contribution in [2.75, 3.05) is 7.11 Å². The second-order valence-electron chi connectivity index (χ2n) is 7.80. The molecule has 0 atom stereocenters. The fourth-order valence-electron chi connectivity index (χ4n) is 3.75. The standard InChI is InChI=1S/C27H22N2O2S/c1-17-9-10-20(13-18(17)2)25(30)16-27-29-24(15-23(28-29)19-7-5-4-6-8-19)22-14-21(31-3)11-12-26(22)32-27/h4-16H,1-3H3/b27-16-. The molecule has 0 saturated carbocycles. The van der Waals surface area contributed by atoms with Crippen molar-refractivity contribution in [1.29, 1.82) is 0 Å². The highest BCUT2D eigenvalue weighted by molar-refractivity contribution is 8.08. The topological polar surface area (TPSA) is 44.1 Å². The number of fused-ring (bicyclic) bond motifs is 3. The van der Waals surface area contributed by atoms with Gasteiger partial charge in [-0.2, -0.15) is 5.10 Å². The SMILES string of the molecule is COc1ccc2c(c1)-c1cc(-c3ccccc3)nn1/C(=C/C(=O)c1ccc(C)c(C)c1)S2. The van der Waals surface area contributed by atoms with Crippen molar-refractivity contribution >= 4 is 22.6 Å². The van der Waals surface area contributed by atoms with Crippen molar-refractivity contribution in [2.24, 2.45) is 0 Å². The Morgan fingerprint density at radius 3 is 2.53 bits per heavy atom. The van der Waals surface area contributed by atoms with Gasteiger partial charge in [-0.05, 0) is 55.3 Å². The van der Waals surface area contributed by atoms with E-state index in [1.165, 1.54) is 5.56 Å². The van der Waals surface area contributed by atoms with Crippen LogP contribution in [0.3, 0.4) is 0 Å². The van der Waals surface area contributed by atoms with Crippen LogP contribution in [-0.4, -0.2) is 22.7 Å². The van der Waals surface area contributed by atoms with Crippen LogP contribution >= 0.6 is 11.8 Å². The summed E-state index contributed by atoms with van der Waals surface area (Å²) in [4.78, 5) is 14.2. The van der Waals surface area contributed by atoms with Gasteiger partial charge in [-0.25, -0.2) is 4.68 Å². The zero-order valence-electron chi connectivity index (χ0n) is 18.1. The van der Waals surface area contributed by atoms with Crippen LogP contribution in [0.2, 0.25) is 0 Å². The number of allylic oxidation sites excluding steroid dienone is 1. The van der Waals surface area contributed by atoms with Crippen LogP contribution in [0.25, 0.3) is 27.5 Å². The molecule has 0 fully saturated rings. The minimum atomic E-state index is -0.0322. The highest BCUT2D eigenvalue weighted by Crippen LogP contribution is 2.46. The first-order valence-corrected chi connectivity index (χ1v) is 11.2. The van der Waals surface area contributed by atoms with E-state index in [0.717, 1.165) is 43.8 Å². The normalized spacial score (nSPS) is 13.5. The average molecular weight is 439 g/mol. The molecule has 0 spiro atoms. The van der Waals surface area contributed by atoms with Crippen LogP contribution < -0.4 is 4.74 Å². The van der Waals surface area contributed by atoms with Crippen molar-refractivity contribution in [3.63, 3.8) is 0 Å². The molecule has 0 radical (unpaired) electrons. The molecule has 1 aliphatic rings. The number of carbonyl (C=O) groups is 1. The average Bonchev–Trinajstić information content (AvgIpc) is 3.27. The summed E-state index contributed by atoms with van der Waals surface area (Å²) in [6.07, 6.45) is 1.69. The maximum atomic E-state index is 13.1. The molecule has 0 amide bonds. The Bertz CT molecular complexity index is 1370. The van der Waals surface area contributed by atoms with E-state index in [1.54, 1.807) is 24.9 Å². The summed E-state index contributed by atoms with van der Waals surface area (Å²) in [5.41, 5.74) is 6.83. The quantitative estimate of drug-likeness (QED) is 0.265. The van der Waals surface area contributed by atoms with Gasteiger partial charge in [-0.1, -0.05) is 54.2 Å². The van der Waals surface area contributed by atoms with Crippen LogP contribution in [0.15, 0.2) is 83.8 Å². The summed E-state index contributed by atoms with van der Waals surface area (Å²) >= 11 is 1.54. The number of hydrogen-bond donors (Lipinski definition) is 0. The third-order valence-corrected chi connectivity index (χ3v) is 6.79. The predicted molar refractivity (Wildman–Crippen MR) is 130 cm³/mol. The first kappa shape index (κ1) is 20.3. The van der Waals surface area contributed by atoms with Gasteiger partial charge in [0.2, 0.25) is 0 Å². The van der Waals surface area contributed by atoms with E-state index in [1.807, 2.05) is 85.3 Å². The summed E-state index contributed by atoms with van der Waals surface area (Å²) in [6.45, 7) is 4.07. The Hall–Kier alpha value is -3.57. The highest BCUT2D eigenvalue weighted by Gasteiger charge is 2.25. The Morgan fingerprint density at radius 1 is 0.969 bits per heavy atom. The van der Waals surface area contributed by atoms with Crippen LogP contribution in [0, 0.1) is 13.8 Å². The van der Waals surface area contributed by atoms with Crippen molar-refractivity contribution in [2.45, 2.75) is 18.7 Å². The molecule has 3 aromatic carbocycles. The fraction of sp³-hybridized carbons (Fsp3) is 0.111. The molecular weight excluding hydrogens is 416 g/mol. The third-order valence-electron chi connectivity index (χ3n) is 5.71. The Labute approximate surface area is 191 Å². The van der Waals surface area contributed by atoms with Gasteiger partial charge in [0.25, 0.3) is 0 Å². The number of aromatic nitrogens is 2. The van der Waals surface area contributed by atoms with E-state index in [9.17, 15) is 4.79 Å². The van der Waals surface area contributed by atoms with E-state index in [-0.39, 0.29) is 5.78 Å². The van der Waals surface area contributed by atoms with Gasteiger partial charge in [-0.15, -0.1) is 0 Å². The molecule has 2 heterocycles. The number of carbonyl (C=O) groups excluding carboxylic acids is 1. The first-order valence-electron chi connectivity index (χ1n) is 10.4. The summed E-state index contributed by atoms with van der Waals surface area (Å²) in [7, 11) is 1.66. The number of ketones is 1. The van der Waals surface area contributed by atoms with Crippen molar-refractivity contribution in [1.82, 2.24) is 9.78 Å². The number of benzene rings is 3. The first-order chi connectivity index (χ1) is 15.5. The largest absolute Gasteiger partial charge is 0.497 e. The molecule has 32 heavy (non-hydrogen) atoms. The molecule has 0 saturated heterocycles. The number of thioether (sulfide) groups is 1. The number of rotatable bonds is 4. The molecule has 0 N–H and O–H groups in total. The lowest BCUT2D eigenvalue weighted by molar-refractivity contribution is 0.104. The lowest BCUT2D eigenvalue weighted by Crippen LogP contribution is -2.07. The van der Waals surface area contributed by atoms with Crippen molar-refractivity contribution in [3.8, 4) is 28.3 Å². The summed E-state index contributed by atoms with van der Waals surface area (Å²) in [5.74, 6) is 0.757. The van der Waals surface area contributed by atoms with Crippen LogP contribution in [-0.2, 0) is 0 Å². The molecule has 0 bridgehead atoms. The van der Waals surface area contributed by atoms with Gasteiger partial charge in [0, 0.05) is 27.7 Å². The minimum absolute atomic E-state index is 0.0322. The lowest BCUT2D eigenvalue weighted by Gasteiger charge is -2.20. The van der Waals surface area contributed by atoms with E-state index >= 15 is 0 Å². The van der Waals surface area contributed by atoms with Gasteiger partial charge in [0.1, 0.15) is 10.8 Å². The molecular formula is C27H22N2O2S. The smallest absolute Gasteiger partial charge is 0.188 e. The van der Waals surface area contributed by atoms with Gasteiger partial charge in [-0.3, -0.25) is 4.79 Å². The molecule has 5 rings (SSSR count). The molecule has 0 aliphatic carbocycles. The molecule has 5 heteroatoms. The summed E-state index contributed by atoms with van der Waals surface area (Å²) in [5, 5.41) is 5.65. The van der Waals surface area contributed by atoms with E-state index < -0.39 is 0 Å². The molecule has 4 aromatic rings. The maximum Gasteiger partial charge on any atom is 0.188 e. The van der Waals surface area contributed by atoms with E-state index in [4.69, 9.17) is 9.84 Å². The lowest BCUT2D eigenvalue weighted by atomic mass is 10.0.